The molecular formula is C17H22N4O3S. The van der Waals surface area contributed by atoms with E-state index in [0.29, 0.717) is 5.75 Å². The summed E-state index contributed by atoms with van der Waals surface area (Å²) in [7, 11) is -2.09. The molecule has 0 radical (unpaired) electrons. The molecule has 2 aliphatic heterocycles. The molecule has 0 saturated carbocycles. The molecule has 0 amide bonds. The van der Waals surface area contributed by atoms with Crippen molar-refractivity contribution < 1.29 is 13.2 Å². The topological polar surface area (TPSA) is 77.3 Å². The van der Waals surface area contributed by atoms with E-state index in [2.05, 4.69) is 10.2 Å². The largest absolute Gasteiger partial charge is 0.495 e. The molecule has 1 aromatic carbocycles. The van der Waals surface area contributed by atoms with E-state index >= 15 is 0 Å². The average molecular weight is 362 g/mol. The highest BCUT2D eigenvalue weighted by molar-refractivity contribution is 7.89. The zero-order valence-electron chi connectivity index (χ0n) is 14.4. The van der Waals surface area contributed by atoms with Crippen LogP contribution >= 0.6 is 0 Å². The minimum absolute atomic E-state index is 0.00929. The lowest BCUT2D eigenvalue weighted by Gasteiger charge is -2.37. The summed E-state index contributed by atoms with van der Waals surface area (Å²) in [6, 6.07) is 5.44. The zero-order valence-corrected chi connectivity index (χ0v) is 15.2. The van der Waals surface area contributed by atoms with Crippen molar-refractivity contribution in [3.63, 3.8) is 0 Å². The van der Waals surface area contributed by atoms with Gasteiger partial charge in [-0.25, -0.2) is 8.42 Å². The van der Waals surface area contributed by atoms with Crippen LogP contribution in [0.2, 0.25) is 0 Å². The Bertz CT molecular complexity index is 852. The molecule has 2 fully saturated rings. The summed E-state index contributed by atoms with van der Waals surface area (Å²) in [4.78, 5) is 1.99. The maximum Gasteiger partial charge on any atom is 0.247 e. The van der Waals surface area contributed by atoms with Crippen LogP contribution in [0.3, 0.4) is 0 Å². The Balaban J connectivity index is 1.68. The van der Waals surface area contributed by atoms with Crippen LogP contribution in [0.5, 0.6) is 5.75 Å². The fourth-order valence-corrected chi connectivity index (χ4v) is 6.34. The predicted octanol–water partition coefficient (Wildman–Crippen LogP) is 2.15. The van der Waals surface area contributed by atoms with Gasteiger partial charge in [-0.2, -0.15) is 19.3 Å². The van der Waals surface area contributed by atoms with E-state index in [-0.39, 0.29) is 23.0 Å². The molecule has 0 N–H and O–H groups in total. The standard InChI is InChI=1S/C17H22N4O3S/c1-12-3-6-16(24-2)17(9-12)25(22,23)20-13-4-5-14(20)11-15(10-13)21-18-7-8-19-21/h3,6-9,13-15H,4-5,10-11H2,1-2H3. The van der Waals surface area contributed by atoms with Crippen molar-refractivity contribution in [1.29, 1.82) is 0 Å². The van der Waals surface area contributed by atoms with Gasteiger partial charge < -0.3 is 4.74 Å². The summed E-state index contributed by atoms with van der Waals surface area (Å²) in [6.45, 7) is 1.89. The molecule has 25 heavy (non-hydrogen) atoms. The van der Waals surface area contributed by atoms with Crippen LogP contribution in [0.25, 0.3) is 0 Å². The van der Waals surface area contributed by atoms with Crippen LogP contribution in [-0.2, 0) is 10.0 Å². The molecule has 0 spiro atoms. The predicted molar refractivity (Wildman–Crippen MR) is 91.9 cm³/mol. The minimum atomic E-state index is -3.60. The third kappa shape index (κ3) is 2.73. The second-order valence-electron chi connectivity index (χ2n) is 6.85. The van der Waals surface area contributed by atoms with Gasteiger partial charge in [0.25, 0.3) is 0 Å². The van der Waals surface area contributed by atoms with Crippen LogP contribution in [0, 0.1) is 6.92 Å². The van der Waals surface area contributed by atoms with Gasteiger partial charge in [-0.1, -0.05) is 6.07 Å². The molecule has 8 heteroatoms. The summed E-state index contributed by atoms with van der Waals surface area (Å²) in [5.74, 6) is 0.404. The Kier molecular flexibility index (Phi) is 4.04. The van der Waals surface area contributed by atoms with Gasteiger partial charge in [0.2, 0.25) is 10.0 Å². The molecule has 2 aliphatic rings. The molecule has 134 valence electrons. The lowest BCUT2D eigenvalue weighted by Crippen LogP contribution is -2.47. The molecule has 2 bridgehead atoms. The normalized spacial score (nSPS) is 26.7. The summed E-state index contributed by atoms with van der Waals surface area (Å²) in [5.41, 5.74) is 0.905. The number of methoxy groups -OCH3 is 1. The summed E-state index contributed by atoms with van der Waals surface area (Å²) >= 11 is 0. The van der Waals surface area contributed by atoms with Gasteiger partial charge in [0, 0.05) is 12.1 Å². The number of aromatic nitrogens is 3. The zero-order chi connectivity index (χ0) is 17.6. The first kappa shape index (κ1) is 16.5. The van der Waals surface area contributed by atoms with E-state index in [0.717, 1.165) is 31.2 Å². The third-order valence-electron chi connectivity index (χ3n) is 5.28. The number of benzene rings is 1. The third-order valence-corrected chi connectivity index (χ3v) is 7.31. The second-order valence-corrected chi connectivity index (χ2v) is 8.66. The number of rotatable bonds is 4. The Labute approximate surface area is 147 Å². The number of ether oxygens (including phenoxy) is 1. The van der Waals surface area contributed by atoms with Gasteiger partial charge in [0.15, 0.2) is 0 Å². The Morgan fingerprint density at radius 1 is 1.08 bits per heavy atom. The smallest absolute Gasteiger partial charge is 0.247 e. The first-order chi connectivity index (χ1) is 12.0. The van der Waals surface area contributed by atoms with Crippen molar-refractivity contribution in [3.8, 4) is 5.75 Å². The van der Waals surface area contributed by atoms with Crippen molar-refractivity contribution in [3.05, 3.63) is 36.2 Å². The Morgan fingerprint density at radius 2 is 1.72 bits per heavy atom. The highest BCUT2D eigenvalue weighted by atomic mass is 32.2. The summed E-state index contributed by atoms with van der Waals surface area (Å²) in [6.07, 6.45) is 6.61. The molecule has 2 aromatic rings. The van der Waals surface area contributed by atoms with Gasteiger partial charge in [0.1, 0.15) is 10.6 Å². The maximum atomic E-state index is 13.4. The van der Waals surface area contributed by atoms with Crippen molar-refractivity contribution in [2.45, 2.75) is 55.6 Å². The number of hydrogen-bond donors (Lipinski definition) is 0. The van der Waals surface area contributed by atoms with Crippen molar-refractivity contribution in [1.82, 2.24) is 19.3 Å². The van der Waals surface area contributed by atoms with E-state index < -0.39 is 10.0 Å². The second kappa shape index (κ2) is 6.10. The van der Waals surface area contributed by atoms with Crippen LogP contribution in [0.4, 0.5) is 0 Å². The van der Waals surface area contributed by atoms with E-state index in [1.54, 1.807) is 33.6 Å². The molecule has 3 heterocycles. The van der Waals surface area contributed by atoms with Crippen LogP contribution in [0.15, 0.2) is 35.5 Å². The molecule has 2 saturated heterocycles. The Morgan fingerprint density at radius 3 is 2.32 bits per heavy atom. The lowest BCUT2D eigenvalue weighted by atomic mass is 10.0. The fraction of sp³-hybridized carbons (Fsp3) is 0.529. The van der Waals surface area contributed by atoms with E-state index in [1.165, 1.54) is 7.11 Å². The molecule has 4 rings (SSSR count). The van der Waals surface area contributed by atoms with Crippen LogP contribution in [-0.4, -0.2) is 46.9 Å². The van der Waals surface area contributed by atoms with Crippen molar-refractivity contribution in [2.75, 3.05) is 7.11 Å². The average Bonchev–Trinajstić information content (AvgIpc) is 3.22. The molecule has 0 aliphatic carbocycles. The number of nitrogens with zero attached hydrogens (tertiary/aromatic N) is 4. The van der Waals surface area contributed by atoms with Gasteiger partial charge >= 0.3 is 0 Å². The molecule has 7 nitrogen and oxygen atoms in total. The van der Waals surface area contributed by atoms with Crippen LogP contribution in [0.1, 0.15) is 37.3 Å². The van der Waals surface area contributed by atoms with Crippen LogP contribution < -0.4 is 4.74 Å². The molecular weight excluding hydrogens is 340 g/mol. The van der Waals surface area contributed by atoms with Gasteiger partial charge in [-0.3, -0.25) is 0 Å². The van der Waals surface area contributed by atoms with Gasteiger partial charge in [-0.05, 0) is 50.3 Å². The summed E-state index contributed by atoms with van der Waals surface area (Å²) in [5, 5.41) is 8.48. The number of hydrogen-bond acceptors (Lipinski definition) is 5. The van der Waals surface area contributed by atoms with Crippen molar-refractivity contribution >= 4 is 10.0 Å². The number of sulfonamides is 1. The SMILES string of the molecule is COc1ccc(C)cc1S(=O)(=O)N1C2CCC1CC(n1nccn1)C2. The van der Waals surface area contributed by atoms with E-state index in [4.69, 9.17) is 4.74 Å². The molecule has 2 unspecified atom stereocenters. The van der Waals surface area contributed by atoms with Gasteiger partial charge in [0.05, 0.1) is 25.5 Å². The van der Waals surface area contributed by atoms with Gasteiger partial charge in [-0.15, -0.1) is 0 Å². The monoisotopic (exact) mass is 362 g/mol. The number of fused-ring (bicyclic) bond motifs is 2. The first-order valence-corrected chi connectivity index (χ1v) is 9.98. The number of aryl methyl sites for hydroxylation is 1. The lowest BCUT2D eigenvalue weighted by molar-refractivity contribution is 0.174. The first-order valence-electron chi connectivity index (χ1n) is 8.54. The van der Waals surface area contributed by atoms with E-state index in [9.17, 15) is 8.42 Å². The number of piperidine rings is 1. The maximum absolute atomic E-state index is 13.4. The van der Waals surface area contributed by atoms with Crippen molar-refractivity contribution in [2.24, 2.45) is 0 Å². The summed E-state index contributed by atoms with van der Waals surface area (Å²) < 4.78 is 33.8. The fourth-order valence-electron chi connectivity index (χ4n) is 4.20. The molecule has 1 aromatic heterocycles. The Hall–Kier alpha value is -1.93. The van der Waals surface area contributed by atoms with E-state index in [1.807, 2.05) is 13.0 Å². The minimum Gasteiger partial charge on any atom is -0.495 e. The molecule has 2 atom stereocenters. The highest BCUT2D eigenvalue weighted by Crippen LogP contribution is 2.44. The quantitative estimate of drug-likeness (QED) is 0.833. The highest BCUT2D eigenvalue weighted by Gasteiger charge is 2.48.